The van der Waals surface area contributed by atoms with E-state index in [1.54, 1.807) is 0 Å². The van der Waals surface area contributed by atoms with Crippen LogP contribution in [0.1, 0.15) is 151 Å². The second-order valence-electron chi connectivity index (χ2n) is 16.5. The molecular weight excluding hydrogens is 596 g/mol. The van der Waals surface area contributed by atoms with Crippen molar-refractivity contribution in [1.82, 2.24) is 0 Å². The van der Waals surface area contributed by atoms with Gasteiger partial charge in [-0.2, -0.15) is 0 Å². The van der Waals surface area contributed by atoms with Gasteiger partial charge in [0.2, 0.25) is 0 Å². The van der Waals surface area contributed by atoms with Crippen LogP contribution in [0.3, 0.4) is 0 Å². The number of esters is 4. The van der Waals surface area contributed by atoms with Gasteiger partial charge in [-0.3, -0.25) is 19.2 Å². The van der Waals surface area contributed by atoms with Gasteiger partial charge in [0.05, 0.1) is 23.7 Å². The number of fused-ring (bicyclic) bond motifs is 4. The van der Waals surface area contributed by atoms with Gasteiger partial charge in [-0.05, 0) is 128 Å². The van der Waals surface area contributed by atoms with Crippen molar-refractivity contribution in [2.24, 2.45) is 47.3 Å². The SMILES string of the molecule is CCC(C)C(=O)OC1CC2CC(C(=O)OC3(C)CCCC3)C1C2.CCC(C)C(=O)OC1CC2CC(C(=O)OC3(CC)CCCC3)C1C2. The average molecular weight is 659 g/mol. The molecule has 6 aliphatic carbocycles. The van der Waals surface area contributed by atoms with Gasteiger partial charge in [0.1, 0.15) is 23.4 Å². The molecule has 0 aromatic rings. The summed E-state index contributed by atoms with van der Waals surface area (Å²) in [5.74, 6) is 0.824. The Kier molecular flexibility index (Phi) is 11.7. The van der Waals surface area contributed by atoms with E-state index in [0.29, 0.717) is 11.8 Å². The lowest BCUT2D eigenvalue weighted by molar-refractivity contribution is -0.173. The Bertz CT molecular complexity index is 1120. The number of rotatable bonds is 11. The summed E-state index contributed by atoms with van der Waals surface area (Å²) in [4.78, 5) is 49.7. The molecule has 266 valence electrons. The number of hydrogen-bond donors (Lipinski definition) is 0. The van der Waals surface area contributed by atoms with E-state index in [1.807, 2.05) is 27.7 Å². The first-order valence-electron chi connectivity index (χ1n) is 19.3. The van der Waals surface area contributed by atoms with E-state index >= 15 is 0 Å². The Morgan fingerprint density at radius 1 is 0.617 bits per heavy atom. The molecule has 4 bridgehead atoms. The first-order chi connectivity index (χ1) is 22.4. The topological polar surface area (TPSA) is 105 Å². The first kappa shape index (κ1) is 36.2. The average Bonchev–Trinajstić information content (AvgIpc) is 3.91. The van der Waals surface area contributed by atoms with Gasteiger partial charge in [-0.25, -0.2) is 0 Å². The summed E-state index contributed by atoms with van der Waals surface area (Å²) in [5.41, 5.74) is -0.483. The van der Waals surface area contributed by atoms with Crippen LogP contribution >= 0.6 is 0 Å². The van der Waals surface area contributed by atoms with Gasteiger partial charge in [0.25, 0.3) is 0 Å². The summed E-state index contributed by atoms with van der Waals surface area (Å²) in [6.45, 7) is 12.0. The molecule has 0 amide bonds. The van der Waals surface area contributed by atoms with E-state index in [1.165, 1.54) is 0 Å². The lowest BCUT2D eigenvalue weighted by Crippen LogP contribution is -2.39. The van der Waals surface area contributed by atoms with Gasteiger partial charge >= 0.3 is 23.9 Å². The minimum Gasteiger partial charge on any atom is -0.462 e. The molecule has 8 nitrogen and oxygen atoms in total. The minimum atomic E-state index is -0.262. The van der Waals surface area contributed by atoms with E-state index in [9.17, 15) is 19.2 Å². The van der Waals surface area contributed by atoms with Gasteiger partial charge in [0.15, 0.2) is 0 Å². The summed E-state index contributed by atoms with van der Waals surface area (Å²) in [6.07, 6.45) is 16.6. The highest BCUT2D eigenvalue weighted by Gasteiger charge is 2.54. The molecule has 6 rings (SSSR count). The summed E-state index contributed by atoms with van der Waals surface area (Å²) in [7, 11) is 0. The maximum Gasteiger partial charge on any atom is 0.309 e. The fourth-order valence-electron chi connectivity index (χ4n) is 9.63. The Balaban J connectivity index is 0.000000185. The zero-order chi connectivity index (χ0) is 33.9. The molecule has 47 heavy (non-hydrogen) atoms. The third-order valence-electron chi connectivity index (χ3n) is 13.2. The van der Waals surface area contributed by atoms with Crippen LogP contribution in [0.5, 0.6) is 0 Å². The highest BCUT2D eigenvalue weighted by atomic mass is 16.6. The van der Waals surface area contributed by atoms with Crippen LogP contribution in [-0.2, 0) is 38.1 Å². The van der Waals surface area contributed by atoms with Crippen molar-refractivity contribution in [3.63, 3.8) is 0 Å². The Morgan fingerprint density at radius 3 is 1.45 bits per heavy atom. The van der Waals surface area contributed by atoms with Gasteiger partial charge < -0.3 is 18.9 Å². The molecule has 6 saturated carbocycles. The van der Waals surface area contributed by atoms with Crippen molar-refractivity contribution in [2.45, 2.75) is 174 Å². The number of ether oxygens (including phenoxy) is 4. The zero-order valence-corrected chi connectivity index (χ0v) is 30.1. The maximum absolute atomic E-state index is 12.8. The fraction of sp³-hybridized carbons (Fsp3) is 0.897. The first-order valence-corrected chi connectivity index (χ1v) is 19.3. The summed E-state index contributed by atoms with van der Waals surface area (Å²) in [5, 5.41) is 0. The quantitative estimate of drug-likeness (QED) is 0.162. The molecule has 0 heterocycles. The summed E-state index contributed by atoms with van der Waals surface area (Å²) < 4.78 is 23.4. The van der Waals surface area contributed by atoms with Crippen molar-refractivity contribution in [2.75, 3.05) is 0 Å². The molecule has 6 fully saturated rings. The molecule has 8 heteroatoms. The van der Waals surface area contributed by atoms with Crippen molar-refractivity contribution < 1.29 is 38.1 Å². The van der Waals surface area contributed by atoms with Crippen molar-refractivity contribution >= 4 is 23.9 Å². The van der Waals surface area contributed by atoms with E-state index in [2.05, 4.69) is 13.8 Å². The molecule has 10 atom stereocenters. The Labute approximate surface area is 283 Å². The van der Waals surface area contributed by atoms with Crippen LogP contribution in [-0.4, -0.2) is 47.3 Å². The van der Waals surface area contributed by atoms with Crippen molar-refractivity contribution in [1.29, 1.82) is 0 Å². The highest BCUT2D eigenvalue weighted by Crippen LogP contribution is 2.52. The van der Waals surface area contributed by atoms with Crippen LogP contribution in [0.25, 0.3) is 0 Å². The van der Waals surface area contributed by atoms with Crippen LogP contribution < -0.4 is 0 Å². The predicted octanol–water partition coefficient (Wildman–Crippen LogP) is 8.12. The molecule has 0 radical (unpaired) electrons. The maximum atomic E-state index is 12.8. The monoisotopic (exact) mass is 658 g/mol. The fourth-order valence-corrected chi connectivity index (χ4v) is 9.63. The Morgan fingerprint density at radius 2 is 1.04 bits per heavy atom. The lowest BCUT2D eigenvalue weighted by Gasteiger charge is -2.33. The van der Waals surface area contributed by atoms with E-state index in [4.69, 9.17) is 18.9 Å². The Hall–Kier alpha value is -2.12. The predicted molar refractivity (Wildman–Crippen MR) is 178 cm³/mol. The second kappa shape index (κ2) is 15.2. The van der Waals surface area contributed by atoms with Crippen LogP contribution in [0.4, 0.5) is 0 Å². The summed E-state index contributed by atoms with van der Waals surface area (Å²) >= 11 is 0. The smallest absolute Gasteiger partial charge is 0.309 e. The number of hydrogen-bond acceptors (Lipinski definition) is 8. The standard InChI is InChI=1S/C20H32O4.C19H30O4/c1-4-13(3)18(21)23-17-12-14-10-15(17)16(11-14)19(22)24-20(5-2)8-6-7-9-20;1-4-12(2)17(20)22-16-11-13-9-14(16)15(10-13)18(21)23-19(3)7-5-6-8-19/h13-17H,4-12H2,1-3H3;12-16H,4-11H2,1-3H3. The van der Waals surface area contributed by atoms with Crippen LogP contribution in [0, 0.1) is 47.3 Å². The summed E-state index contributed by atoms with van der Waals surface area (Å²) in [6, 6.07) is 0. The van der Waals surface area contributed by atoms with Crippen molar-refractivity contribution in [3.05, 3.63) is 0 Å². The highest BCUT2D eigenvalue weighted by molar-refractivity contribution is 5.76. The molecule has 0 saturated heterocycles. The molecular formula is C39H62O8. The largest absolute Gasteiger partial charge is 0.462 e. The zero-order valence-electron chi connectivity index (χ0n) is 30.1. The van der Waals surface area contributed by atoms with Gasteiger partial charge in [0, 0.05) is 11.8 Å². The molecule has 0 N–H and O–H groups in total. The van der Waals surface area contributed by atoms with Gasteiger partial charge in [-0.1, -0.05) is 34.6 Å². The normalized spacial score (nSPS) is 35.4. The number of carbonyl (C=O) groups is 4. The van der Waals surface area contributed by atoms with E-state index < -0.39 is 0 Å². The molecule has 0 aromatic heterocycles. The third-order valence-corrected chi connectivity index (χ3v) is 13.2. The second-order valence-corrected chi connectivity index (χ2v) is 16.5. The van der Waals surface area contributed by atoms with Gasteiger partial charge in [-0.15, -0.1) is 0 Å². The van der Waals surface area contributed by atoms with Crippen LogP contribution in [0.2, 0.25) is 0 Å². The van der Waals surface area contributed by atoms with E-state index in [-0.39, 0.29) is 82.8 Å². The number of carbonyl (C=O) groups excluding carboxylic acids is 4. The molecule has 0 aliphatic heterocycles. The van der Waals surface area contributed by atoms with E-state index in [0.717, 1.165) is 109 Å². The van der Waals surface area contributed by atoms with Crippen LogP contribution in [0.15, 0.2) is 0 Å². The lowest BCUT2D eigenvalue weighted by atomic mass is 9.86. The molecule has 0 spiro atoms. The molecule has 10 unspecified atom stereocenters. The minimum absolute atomic E-state index is 0.0319. The molecule has 0 aromatic carbocycles. The third kappa shape index (κ3) is 8.20. The molecule has 6 aliphatic rings. The van der Waals surface area contributed by atoms with Crippen molar-refractivity contribution in [3.8, 4) is 0 Å².